The van der Waals surface area contributed by atoms with Gasteiger partial charge in [0.2, 0.25) is 0 Å². The minimum absolute atomic E-state index is 0.0617. The maximum absolute atomic E-state index is 12.5. The summed E-state index contributed by atoms with van der Waals surface area (Å²) in [5, 5.41) is 12.4. The molecule has 0 spiro atoms. The molecular weight excluding hydrogens is 352 g/mol. The van der Waals surface area contributed by atoms with E-state index in [9.17, 15) is 9.59 Å². The standard InChI is InChI=1S/C19H13ClN4O2/c20-15-9-13(5-3-12(15)10-21)22-18(25)11-4-6-14-16(8-11)23-17-2-1-7-24(17)19(14)26/h3-6,8-9H,1-2,7H2,(H,22,25). The number of hydrogen-bond donors (Lipinski definition) is 1. The zero-order valence-electron chi connectivity index (χ0n) is 13.6. The molecule has 3 aromatic rings. The fourth-order valence-electron chi connectivity index (χ4n) is 3.11. The van der Waals surface area contributed by atoms with E-state index in [1.807, 2.05) is 6.07 Å². The molecule has 7 heteroatoms. The SMILES string of the molecule is N#Cc1ccc(NC(=O)c2ccc3c(=O)n4c(nc3c2)CCC4)cc1Cl. The lowest BCUT2D eigenvalue weighted by molar-refractivity contribution is 0.102. The van der Waals surface area contributed by atoms with Crippen molar-refractivity contribution in [2.75, 3.05) is 5.32 Å². The molecule has 1 amide bonds. The maximum Gasteiger partial charge on any atom is 0.261 e. The average molecular weight is 365 g/mol. The zero-order valence-corrected chi connectivity index (χ0v) is 14.4. The van der Waals surface area contributed by atoms with E-state index in [1.165, 1.54) is 6.07 Å². The molecule has 1 aliphatic rings. The van der Waals surface area contributed by atoms with E-state index in [2.05, 4.69) is 10.3 Å². The summed E-state index contributed by atoms with van der Waals surface area (Å²) in [7, 11) is 0. The maximum atomic E-state index is 12.5. The highest BCUT2D eigenvalue weighted by atomic mass is 35.5. The molecule has 0 unspecified atom stereocenters. The molecule has 4 rings (SSSR count). The van der Waals surface area contributed by atoms with Gasteiger partial charge in [-0.1, -0.05) is 11.6 Å². The van der Waals surface area contributed by atoms with E-state index in [4.69, 9.17) is 16.9 Å². The van der Waals surface area contributed by atoms with Gasteiger partial charge in [-0.2, -0.15) is 5.26 Å². The number of anilines is 1. The Morgan fingerprint density at radius 3 is 2.88 bits per heavy atom. The van der Waals surface area contributed by atoms with Crippen molar-refractivity contribution in [3.63, 3.8) is 0 Å². The van der Waals surface area contributed by atoms with Gasteiger partial charge in [0.25, 0.3) is 11.5 Å². The van der Waals surface area contributed by atoms with Crippen molar-refractivity contribution >= 4 is 34.1 Å². The highest BCUT2D eigenvalue weighted by Gasteiger charge is 2.17. The van der Waals surface area contributed by atoms with Crippen molar-refractivity contribution in [3.8, 4) is 6.07 Å². The fraction of sp³-hybridized carbons (Fsp3) is 0.158. The number of halogens is 1. The minimum atomic E-state index is -0.338. The molecule has 0 bridgehead atoms. The Morgan fingerprint density at radius 2 is 2.12 bits per heavy atom. The van der Waals surface area contributed by atoms with Crippen molar-refractivity contribution in [1.82, 2.24) is 9.55 Å². The predicted molar refractivity (Wildman–Crippen MR) is 98.4 cm³/mol. The van der Waals surface area contributed by atoms with Crippen molar-refractivity contribution in [2.24, 2.45) is 0 Å². The van der Waals surface area contributed by atoms with Crippen LogP contribution in [0.3, 0.4) is 0 Å². The topological polar surface area (TPSA) is 87.8 Å². The van der Waals surface area contributed by atoms with Gasteiger partial charge in [0.15, 0.2) is 0 Å². The molecule has 0 radical (unpaired) electrons. The third-order valence-electron chi connectivity index (χ3n) is 4.43. The van der Waals surface area contributed by atoms with Gasteiger partial charge in [0.1, 0.15) is 11.9 Å². The smallest absolute Gasteiger partial charge is 0.261 e. The highest BCUT2D eigenvalue weighted by Crippen LogP contribution is 2.21. The number of fused-ring (bicyclic) bond motifs is 2. The molecule has 0 fully saturated rings. The second-order valence-electron chi connectivity index (χ2n) is 6.08. The Labute approximate surface area is 153 Å². The summed E-state index contributed by atoms with van der Waals surface area (Å²) in [6.45, 7) is 0.693. The number of aryl methyl sites for hydroxylation is 1. The largest absolute Gasteiger partial charge is 0.322 e. The van der Waals surface area contributed by atoms with Crippen LogP contribution in [0.5, 0.6) is 0 Å². The Hall–Kier alpha value is -3.17. The molecule has 2 heterocycles. The first-order valence-electron chi connectivity index (χ1n) is 8.11. The number of carbonyl (C=O) groups excluding carboxylic acids is 1. The van der Waals surface area contributed by atoms with E-state index in [0.717, 1.165) is 18.7 Å². The molecule has 1 N–H and O–H groups in total. The number of hydrogen-bond acceptors (Lipinski definition) is 4. The molecule has 1 aliphatic heterocycles. The van der Waals surface area contributed by atoms with Crippen molar-refractivity contribution < 1.29 is 4.79 Å². The second kappa shape index (κ2) is 6.28. The monoisotopic (exact) mass is 364 g/mol. The van der Waals surface area contributed by atoms with Gasteiger partial charge in [-0.05, 0) is 42.8 Å². The number of rotatable bonds is 2. The highest BCUT2D eigenvalue weighted by molar-refractivity contribution is 6.32. The van der Waals surface area contributed by atoms with E-state index in [1.54, 1.807) is 34.9 Å². The van der Waals surface area contributed by atoms with Gasteiger partial charge in [-0.25, -0.2) is 4.98 Å². The lowest BCUT2D eigenvalue weighted by Gasteiger charge is -2.08. The van der Waals surface area contributed by atoms with Crippen LogP contribution in [0.25, 0.3) is 10.9 Å². The molecular formula is C19H13ClN4O2. The predicted octanol–water partition coefficient (Wildman–Crippen LogP) is 3.12. The molecule has 2 aromatic carbocycles. The molecule has 128 valence electrons. The number of aromatic nitrogens is 2. The molecule has 0 saturated carbocycles. The summed E-state index contributed by atoms with van der Waals surface area (Å²) < 4.78 is 1.70. The Morgan fingerprint density at radius 1 is 1.27 bits per heavy atom. The van der Waals surface area contributed by atoms with Gasteiger partial charge in [0.05, 0.1) is 21.5 Å². The number of carbonyl (C=O) groups is 1. The van der Waals surface area contributed by atoms with Crippen LogP contribution in [0.2, 0.25) is 5.02 Å². The average Bonchev–Trinajstić information content (AvgIpc) is 3.10. The van der Waals surface area contributed by atoms with Gasteiger partial charge in [0, 0.05) is 24.2 Å². The number of nitrogens with zero attached hydrogens (tertiary/aromatic N) is 3. The number of amides is 1. The molecule has 0 aliphatic carbocycles. The summed E-state index contributed by atoms with van der Waals surface area (Å²) in [5.41, 5.74) is 1.69. The first kappa shape index (κ1) is 16.3. The molecule has 6 nitrogen and oxygen atoms in total. The number of nitrogens with one attached hydrogen (secondary N) is 1. The first-order valence-corrected chi connectivity index (χ1v) is 8.49. The summed E-state index contributed by atoms with van der Waals surface area (Å²) in [5.74, 6) is 0.425. The van der Waals surface area contributed by atoms with Crippen LogP contribution < -0.4 is 10.9 Å². The van der Waals surface area contributed by atoms with Crippen LogP contribution >= 0.6 is 11.6 Å². The Kier molecular flexibility index (Phi) is 3.94. The van der Waals surface area contributed by atoms with Crippen LogP contribution in [0.1, 0.15) is 28.2 Å². The molecule has 1 aromatic heterocycles. The Bertz CT molecular complexity index is 1160. The van der Waals surface area contributed by atoms with Gasteiger partial charge in [-0.3, -0.25) is 14.2 Å². The van der Waals surface area contributed by atoms with Crippen molar-refractivity contribution in [2.45, 2.75) is 19.4 Å². The van der Waals surface area contributed by atoms with Crippen LogP contribution in [0.4, 0.5) is 5.69 Å². The Balaban J connectivity index is 1.67. The third kappa shape index (κ3) is 2.72. The number of benzene rings is 2. The molecule has 0 saturated heterocycles. The van der Waals surface area contributed by atoms with Gasteiger partial charge >= 0.3 is 0 Å². The summed E-state index contributed by atoms with van der Waals surface area (Å²) in [6.07, 6.45) is 1.68. The quantitative estimate of drug-likeness (QED) is 0.756. The van der Waals surface area contributed by atoms with E-state index < -0.39 is 0 Å². The normalized spacial score (nSPS) is 12.6. The second-order valence-corrected chi connectivity index (χ2v) is 6.49. The van der Waals surface area contributed by atoms with E-state index in [0.29, 0.717) is 34.3 Å². The lowest BCUT2D eigenvalue weighted by Crippen LogP contribution is -2.21. The molecule has 0 atom stereocenters. The third-order valence-corrected chi connectivity index (χ3v) is 4.74. The lowest BCUT2D eigenvalue weighted by atomic mass is 10.1. The zero-order chi connectivity index (χ0) is 18.3. The minimum Gasteiger partial charge on any atom is -0.322 e. The molecule has 26 heavy (non-hydrogen) atoms. The summed E-state index contributed by atoms with van der Waals surface area (Å²) in [6, 6.07) is 11.5. The summed E-state index contributed by atoms with van der Waals surface area (Å²) >= 11 is 5.99. The van der Waals surface area contributed by atoms with Crippen LogP contribution in [-0.2, 0) is 13.0 Å². The van der Waals surface area contributed by atoms with Crippen molar-refractivity contribution in [3.05, 3.63) is 68.7 Å². The fourth-order valence-corrected chi connectivity index (χ4v) is 3.33. The van der Waals surface area contributed by atoms with Crippen LogP contribution in [-0.4, -0.2) is 15.5 Å². The van der Waals surface area contributed by atoms with Crippen LogP contribution in [0, 0.1) is 11.3 Å². The number of nitriles is 1. The first-order chi connectivity index (χ1) is 12.6. The van der Waals surface area contributed by atoms with E-state index >= 15 is 0 Å². The van der Waals surface area contributed by atoms with E-state index in [-0.39, 0.29) is 16.5 Å². The van der Waals surface area contributed by atoms with Crippen molar-refractivity contribution in [1.29, 1.82) is 5.26 Å². The van der Waals surface area contributed by atoms with Gasteiger partial charge in [-0.15, -0.1) is 0 Å². The van der Waals surface area contributed by atoms with Crippen LogP contribution in [0.15, 0.2) is 41.2 Å². The summed E-state index contributed by atoms with van der Waals surface area (Å²) in [4.78, 5) is 29.5. The van der Waals surface area contributed by atoms with Gasteiger partial charge < -0.3 is 5.32 Å².